The largest absolute Gasteiger partial charge is 0.481 e. The summed E-state index contributed by atoms with van der Waals surface area (Å²) in [6, 6.07) is 11.4. The molecule has 0 bridgehead atoms. The number of carbonyl (C=O) groups is 2. The normalized spacial score (nSPS) is 14.8. The van der Waals surface area contributed by atoms with Gasteiger partial charge < -0.3 is 19.7 Å². The molecule has 14 heteroatoms. The van der Waals surface area contributed by atoms with Gasteiger partial charge in [-0.3, -0.25) is 0 Å². The molecule has 6 rings (SSSR count). The van der Waals surface area contributed by atoms with Crippen LogP contribution in [-0.2, 0) is 19.1 Å². The number of hydrogen-bond acceptors (Lipinski definition) is 8. The van der Waals surface area contributed by atoms with Crippen molar-refractivity contribution in [2.75, 3.05) is 13.7 Å². The third-order valence-corrected chi connectivity index (χ3v) is 8.90. The number of aliphatic imine (C=N–C) groups is 2. The Balaban J connectivity index is 0.000000178. The molecule has 0 amide bonds. The summed E-state index contributed by atoms with van der Waals surface area (Å²) in [4.78, 5) is 32.3. The van der Waals surface area contributed by atoms with Crippen LogP contribution in [0.4, 0.5) is 20.2 Å². The summed E-state index contributed by atoms with van der Waals surface area (Å²) in [6.07, 6.45) is 2.14. The molecular formula is C31H20Cl2F2N2O6S2. The molecule has 2 aromatic carbocycles. The first kappa shape index (κ1) is 32.0. The minimum absolute atomic E-state index is 0.263. The fraction of sp³-hybridized carbons (Fsp3) is 0.0968. The highest BCUT2D eigenvalue weighted by Gasteiger charge is 2.27. The van der Waals surface area contributed by atoms with Crippen LogP contribution >= 0.6 is 45.9 Å². The fourth-order valence-electron chi connectivity index (χ4n) is 4.61. The van der Waals surface area contributed by atoms with Crippen LogP contribution in [-0.4, -0.2) is 47.7 Å². The van der Waals surface area contributed by atoms with Crippen molar-refractivity contribution in [1.82, 2.24) is 0 Å². The molecule has 230 valence electrons. The van der Waals surface area contributed by atoms with Crippen molar-refractivity contribution in [3.8, 4) is 0 Å². The lowest BCUT2D eigenvalue weighted by Gasteiger charge is -2.07. The molecule has 8 nitrogen and oxygen atoms in total. The maximum absolute atomic E-state index is 13.6. The predicted octanol–water partition coefficient (Wildman–Crippen LogP) is 8.58. The Kier molecular flexibility index (Phi) is 9.49. The number of aliphatic carboxylic acids is 2. The van der Waals surface area contributed by atoms with E-state index in [-0.39, 0.29) is 5.90 Å². The maximum Gasteiger partial charge on any atom is 0.328 e. The molecular weight excluding hydrogens is 669 g/mol. The molecule has 0 fully saturated rings. The average molecular weight is 690 g/mol. The zero-order valence-corrected chi connectivity index (χ0v) is 26.4. The highest BCUT2D eigenvalue weighted by Crippen LogP contribution is 2.44. The van der Waals surface area contributed by atoms with Crippen LogP contribution in [0.2, 0.25) is 8.67 Å². The van der Waals surface area contributed by atoms with Gasteiger partial charge in [-0.15, -0.1) is 22.7 Å². The van der Waals surface area contributed by atoms with E-state index in [2.05, 4.69) is 9.98 Å². The lowest BCUT2D eigenvalue weighted by atomic mass is 10.0. The van der Waals surface area contributed by atoms with E-state index in [1.165, 1.54) is 66.2 Å². The number of ether oxygens (including phenoxy) is 2. The van der Waals surface area contributed by atoms with Crippen molar-refractivity contribution in [2.45, 2.75) is 6.92 Å². The molecule has 0 saturated heterocycles. The number of carboxylic acids is 2. The molecule has 0 unspecified atom stereocenters. The van der Waals surface area contributed by atoms with Crippen molar-refractivity contribution in [3.63, 3.8) is 0 Å². The van der Waals surface area contributed by atoms with E-state index >= 15 is 0 Å². The Hall–Kier alpha value is -4.36. The summed E-state index contributed by atoms with van der Waals surface area (Å²) in [5.41, 5.74) is 3.69. The molecule has 45 heavy (non-hydrogen) atoms. The van der Waals surface area contributed by atoms with Gasteiger partial charge in [0.05, 0.1) is 44.9 Å². The molecule has 0 saturated carbocycles. The van der Waals surface area contributed by atoms with Crippen molar-refractivity contribution in [3.05, 3.63) is 113 Å². The lowest BCUT2D eigenvalue weighted by Crippen LogP contribution is -2.06. The maximum atomic E-state index is 13.6. The van der Waals surface area contributed by atoms with Crippen LogP contribution in [0.5, 0.6) is 0 Å². The quantitative estimate of drug-likeness (QED) is 0.208. The number of benzene rings is 2. The molecule has 4 aromatic rings. The number of rotatable bonds is 3. The Morgan fingerprint density at radius 2 is 1.22 bits per heavy atom. The molecule has 2 aliphatic rings. The van der Waals surface area contributed by atoms with E-state index < -0.39 is 23.6 Å². The monoisotopic (exact) mass is 688 g/mol. The van der Waals surface area contributed by atoms with Gasteiger partial charge in [0.1, 0.15) is 11.6 Å². The molecule has 0 spiro atoms. The van der Waals surface area contributed by atoms with Crippen LogP contribution in [0.3, 0.4) is 0 Å². The van der Waals surface area contributed by atoms with Crippen LogP contribution in [0.1, 0.15) is 38.9 Å². The summed E-state index contributed by atoms with van der Waals surface area (Å²) in [7, 11) is 1.44. The lowest BCUT2D eigenvalue weighted by molar-refractivity contribution is -0.132. The zero-order chi connectivity index (χ0) is 32.4. The first-order valence-corrected chi connectivity index (χ1v) is 15.3. The number of halogens is 4. The predicted molar refractivity (Wildman–Crippen MR) is 172 cm³/mol. The van der Waals surface area contributed by atoms with Gasteiger partial charge >= 0.3 is 11.9 Å². The number of nitrogens with zero attached hydrogens (tertiary/aromatic N) is 2. The molecule has 0 radical (unpaired) electrons. The van der Waals surface area contributed by atoms with Gasteiger partial charge in [-0.05, 0) is 43.3 Å². The van der Waals surface area contributed by atoms with Crippen LogP contribution < -0.4 is 0 Å². The van der Waals surface area contributed by atoms with E-state index in [0.717, 1.165) is 12.2 Å². The summed E-state index contributed by atoms with van der Waals surface area (Å²) >= 11 is 14.6. The summed E-state index contributed by atoms with van der Waals surface area (Å²) in [5, 5.41) is 18.3. The van der Waals surface area contributed by atoms with E-state index in [1.54, 1.807) is 12.1 Å². The van der Waals surface area contributed by atoms with Crippen LogP contribution in [0.15, 0.2) is 70.7 Å². The third kappa shape index (κ3) is 6.84. The van der Waals surface area contributed by atoms with E-state index in [4.69, 9.17) is 37.8 Å². The highest BCUT2D eigenvalue weighted by molar-refractivity contribution is 7.18. The van der Waals surface area contributed by atoms with E-state index in [9.17, 15) is 23.5 Å². The van der Waals surface area contributed by atoms with E-state index in [0.29, 0.717) is 75.7 Å². The Bertz CT molecular complexity index is 1980. The van der Waals surface area contributed by atoms with Crippen molar-refractivity contribution >= 4 is 92.1 Å². The van der Waals surface area contributed by atoms with Gasteiger partial charge in [-0.1, -0.05) is 23.2 Å². The van der Waals surface area contributed by atoms with E-state index in [1.807, 2.05) is 6.92 Å². The topological polar surface area (TPSA) is 118 Å². The second-order valence-electron chi connectivity index (χ2n) is 9.17. The number of carboxylic acid groups (broad SMARTS) is 2. The average Bonchev–Trinajstić information content (AvgIpc) is 3.50. The van der Waals surface area contributed by atoms with Gasteiger partial charge in [-0.2, -0.15) is 0 Å². The standard InChI is InChI=1S/C16H11ClFNO3S.C15H9ClFNO3S/c1-2-22-16-11-6-13(17)23-15(11)10(7-14(20)21)9-4-3-8(18)5-12(9)19-16;1-21-15-10-5-12(16)22-14(10)9(6-13(19)20)8-3-2-7(17)4-11(8)18-15/h3-7H,2H2,1H3,(H,20,21);2-6H,1H3,(H,19,20). The second-order valence-corrected chi connectivity index (χ2v) is 12.5. The van der Waals surface area contributed by atoms with Crippen LogP contribution in [0.25, 0.3) is 11.1 Å². The SMILES string of the molecule is CCOC1=Nc2cc(F)ccc2C(=CC(=O)O)c2sc(Cl)cc21.COC1=Nc2cc(F)ccc2C(=CC(=O)O)c2sc(Cl)cc21. The van der Waals surface area contributed by atoms with Crippen LogP contribution in [0, 0.1) is 11.6 Å². The molecule has 0 atom stereocenters. The molecule has 0 aliphatic carbocycles. The first-order valence-electron chi connectivity index (χ1n) is 12.9. The van der Waals surface area contributed by atoms with Gasteiger partial charge in [0.15, 0.2) is 0 Å². The molecule has 4 heterocycles. The van der Waals surface area contributed by atoms with Gasteiger partial charge in [-0.25, -0.2) is 28.4 Å². The molecule has 2 N–H and O–H groups in total. The third-order valence-electron chi connectivity index (χ3n) is 6.31. The minimum Gasteiger partial charge on any atom is -0.481 e. The second kappa shape index (κ2) is 13.3. The number of fused-ring (bicyclic) bond motifs is 4. The van der Waals surface area contributed by atoms with Gasteiger partial charge in [0.25, 0.3) is 0 Å². The van der Waals surface area contributed by atoms with Crippen molar-refractivity contribution < 1.29 is 38.1 Å². The molecule has 2 aliphatic heterocycles. The van der Waals surface area contributed by atoms with Gasteiger partial charge in [0.2, 0.25) is 11.8 Å². The first-order chi connectivity index (χ1) is 21.5. The minimum atomic E-state index is -1.11. The smallest absolute Gasteiger partial charge is 0.328 e. The number of methoxy groups -OCH3 is 1. The van der Waals surface area contributed by atoms with Gasteiger partial charge in [0, 0.05) is 56.3 Å². The summed E-state index contributed by atoms with van der Waals surface area (Å²) in [6.45, 7) is 2.18. The Labute approximate surface area is 272 Å². The summed E-state index contributed by atoms with van der Waals surface area (Å²) < 4.78 is 38.9. The fourth-order valence-corrected chi connectivity index (χ4v) is 7.10. The number of thiophene rings is 2. The zero-order valence-electron chi connectivity index (χ0n) is 23.2. The van der Waals surface area contributed by atoms with Crippen molar-refractivity contribution in [2.24, 2.45) is 9.98 Å². The summed E-state index contributed by atoms with van der Waals surface area (Å²) in [5.74, 6) is -2.57. The van der Waals surface area contributed by atoms with Crippen molar-refractivity contribution in [1.29, 1.82) is 0 Å². The molecule has 2 aromatic heterocycles. The highest BCUT2D eigenvalue weighted by atomic mass is 35.5. The Morgan fingerprint density at radius 3 is 1.64 bits per heavy atom. The Morgan fingerprint density at radius 1 is 0.778 bits per heavy atom. The number of hydrogen-bond donors (Lipinski definition) is 2.